The van der Waals surface area contributed by atoms with Gasteiger partial charge in [-0.05, 0) is 29.5 Å². The van der Waals surface area contributed by atoms with E-state index in [1.54, 1.807) is 0 Å². The zero-order valence-electron chi connectivity index (χ0n) is 14.1. The number of aromatic nitrogens is 2. The maximum absolute atomic E-state index is 13.7. The van der Waals surface area contributed by atoms with Crippen molar-refractivity contribution in [3.8, 4) is 0 Å². The lowest BCUT2D eigenvalue weighted by atomic mass is 10.1. The molecule has 2 atom stereocenters. The monoisotopic (exact) mass is 403 g/mol. The second-order valence-corrected chi connectivity index (χ2v) is 8.45. The fraction of sp³-hybridized carbons (Fsp3) is 0.211. The molecule has 0 spiro atoms. The molecule has 1 amide bonds. The number of hydrogen-bond donors (Lipinski definition) is 1. The van der Waals surface area contributed by atoms with Crippen LogP contribution in [-0.4, -0.2) is 16.1 Å². The molecule has 4 nitrogen and oxygen atoms in total. The van der Waals surface area contributed by atoms with Crippen molar-refractivity contribution in [3.05, 3.63) is 71.3 Å². The van der Waals surface area contributed by atoms with Crippen LogP contribution < -0.4 is 5.32 Å². The van der Waals surface area contributed by atoms with Gasteiger partial charge in [0.05, 0.1) is 0 Å². The van der Waals surface area contributed by atoms with E-state index in [2.05, 4.69) is 15.5 Å². The largest absolute Gasteiger partial charge is 0.300 e. The summed E-state index contributed by atoms with van der Waals surface area (Å²) < 4.78 is 27.2. The topological polar surface area (TPSA) is 54.9 Å². The van der Waals surface area contributed by atoms with E-state index in [0.29, 0.717) is 20.8 Å². The number of carbonyl (C=O) groups is 1. The summed E-state index contributed by atoms with van der Waals surface area (Å²) in [4.78, 5) is 12.4. The van der Waals surface area contributed by atoms with E-state index in [1.165, 1.54) is 40.8 Å². The zero-order chi connectivity index (χ0) is 18.8. The molecule has 1 aliphatic carbocycles. The molecule has 1 aromatic heterocycles. The van der Waals surface area contributed by atoms with Crippen molar-refractivity contribution in [2.75, 3.05) is 5.32 Å². The number of halogens is 2. The predicted molar refractivity (Wildman–Crippen MR) is 102 cm³/mol. The van der Waals surface area contributed by atoms with Gasteiger partial charge in [-0.25, -0.2) is 8.78 Å². The lowest BCUT2D eigenvalue weighted by Crippen LogP contribution is -2.14. The van der Waals surface area contributed by atoms with Crippen LogP contribution in [0.2, 0.25) is 0 Å². The van der Waals surface area contributed by atoms with Crippen molar-refractivity contribution in [2.45, 2.75) is 22.4 Å². The van der Waals surface area contributed by atoms with E-state index in [9.17, 15) is 13.6 Å². The maximum atomic E-state index is 13.7. The molecule has 27 heavy (non-hydrogen) atoms. The molecule has 1 aliphatic rings. The fourth-order valence-corrected chi connectivity index (χ4v) is 4.59. The second kappa shape index (κ2) is 7.74. The third kappa shape index (κ3) is 4.33. The highest BCUT2D eigenvalue weighted by Crippen LogP contribution is 2.48. The number of thioether (sulfide) groups is 1. The van der Waals surface area contributed by atoms with Crippen LogP contribution >= 0.6 is 23.1 Å². The summed E-state index contributed by atoms with van der Waals surface area (Å²) in [5.74, 6) is -0.707. The van der Waals surface area contributed by atoms with Crippen LogP contribution in [0, 0.1) is 17.6 Å². The van der Waals surface area contributed by atoms with Crippen molar-refractivity contribution in [1.82, 2.24) is 10.2 Å². The average molecular weight is 403 g/mol. The summed E-state index contributed by atoms with van der Waals surface area (Å²) in [6.07, 6.45) is 0.833. The lowest BCUT2D eigenvalue weighted by Gasteiger charge is -2.01. The number of hydrogen-bond acceptors (Lipinski definition) is 5. The number of anilines is 1. The number of amides is 1. The van der Waals surface area contributed by atoms with E-state index < -0.39 is 11.6 Å². The van der Waals surface area contributed by atoms with Crippen molar-refractivity contribution >= 4 is 34.1 Å². The van der Waals surface area contributed by atoms with Gasteiger partial charge in [-0.15, -0.1) is 10.2 Å². The minimum Gasteiger partial charge on any atom is -0.300 e. The average Bonchev–Trinajstić information content (AvgIpc) is 3.36. The highest BCUT2D eigenvalue weighted by Gasteiger charge is 2.44. The van der Waals surface area contributed by atoms with Gasteiger partial charge in [-0.2, -0.15) is 0 Å². The molecule has 0 unspecified atom stereocenters. The molecule has 1 heterocycles. The first-order chi connectivity index (χ1) is 13.1. The Labute approximate surface area is 163 Å². The predicted octanol–water partition coefficient (Wildman–Crippen LogP) is 4.85. The first kappa shape index (κ1) is 18.1. The number of nitrogens with one attached hydrogen (secondary N) is 1. The zero-order valence-corrected chi connectivity index (χ0v) is 15.7. The Bertz CT molecular complexity index is 965. The third-order valence-electron chi connectivity index (χ3n) is 4.36. The van der Waals surface area contributed by atoms with Gasteiger partial charge >= 0.3 is 0 Å². The first-order valence-electron chi connectivity index (χ1n) is 8.36. The molecule has 0 radical (unpaired) electrons. The molecule has 1 fully saturated rings. The molecule has 8 heteroatoms. The fourth-order valence-electron chi connectivity index (χ4n) is 2.85. The van der Waals surface area contributed by atoms with Crippen LogP contribution in [0.15, 0.2) is 52.9 Å². The van der Waals surface area contributed by atoms with E-state index in [4.69, 9.17) is 0 Å². The Morgan fingerprint density at radius 2 is 2.00 bits per heavy atom. The van der Waals surface area contributed by atoms with Crippen LogP contribution in [0.5, 0.6) is 0 Å². The number of benzene rings is 2. The number of carbonyl (C=O) groups excluding carboxylic acids is 1. The van der Waals surface area contributed by atoms with Gasteiger partial charge in [-0.1, -0.05) is 59.5 Å². The summed E-state index contributed by atoms with van der Waals surface area (Å²) in [5, 5.41) is 11.2. The number of rotatable bonds is 6. The molecule has 1 saturated carbocycles. The van der Waals surface area contributed by atoms with Crippen molar-refractivity contribution in [1.29, 1.82) is 0 Å². The number of nitrogens with zero attached hydrogens (tertiary/aromatic N) is 2. The molecule has 3 aromatic rings. The summed E-state index contributed by atoms with van der Waals surface area (Å²) in [5.41, 5.74) is 1.57. The second-order valence-electron chi connectivity index (χ2n) is 6.25. The van der Waals surface area contributed by atoms with Crippen LogP contribution in [0.4, 0.5) is 13.9 Å². The standard InChI is InChI=1S/C19H15F2N3OS2/c20-13-7-6-12(16(21)8-13)10-26-19-24-23-18(27-19)22-17(25)15-9-14(15)11-4-2-1-3-5-11/h1-8,14-15H,9-10H2,(H,22,23,25)/t14-,15+/m0/s1. The first-order valence-corrected chi connectivity index (χ1v) is 10.2. The molecule has 1 N–H and O–H groups in total. The maximum Gasteiger partial charge on any atom is 0.229 e. The molecule has 0 bridgehead atoms. The van der Waals surface area contributed by atoms with Gasteiger partial charge in [-0.3, -0.25) is 4.79 Å². The Balaban J connectivity index is 1.31. The smallest absolute Gasteiger partial charge is 0.229 e. The van der Waals surface area contributed by atoms with Crippen LogP contribution in [0.1, 0.15) is 23.5 Å². The third-order valence-corrected chi connectivity index (χ3v) is 6.38. The lowest BCUT2D eigenvalue weighted by molar-refractivity contribution is -0.117. The van der Waals surface area contributed by atoms with Gasteiger partial charge in [0.25, 0.3) is 0 Å². The van der Waals surface area contributed by atoms with E-state index in [-0.39, 0.29) is 17.7 Å². The minimum absolute atomic E-state index is 0.0410. The van der Waals surface area contributed by atoms with Gasteiger partial charge in [0.1, 0.15) is 11.6 Å². The Morgan fingerprint density at radius 3 is 2.78 bits per heavy atom. The Kier molecular flexibility index (Phi) is 5.18. The van der Waals surface area contributed by atoms with E-state index in [1.807, 2.05) is 30.3 Å². The Morgan fingerprint density at radius 1 is 1.19 bits per heavy atom. The summed E-state index contributed by atoms with van der Waals surface area (Å²) in [6.45, 7) is 0. The van der Waals surface area contributed by atoms with Crippen molar-refractivity contribution in [3.63, 3.8) is 0 Å². The summed E-state index contributed by atoms with van der Waals surface area (Å²) in [7, 11) is 0. The molecular weight excluding hydrogens is 388 g/mol. The van der Waals surface area contributed by atoms with E-state index >= 15 is 0 Å². The molecule has 0 saturated heterocycles. The molecule has 0 aliphatic heterocycles. The SMILES string of the molecule is O=C(Nc1nnc(SCc2ccc(F)cc2F)s1)[C@@H]1C[C@H]1c1ccccc1. The Hall–Kier alpha value is -2.32. The van der Waals surface area contributed by atoms with Gasteiger partial charge in [0.2, 0.25) is 11.0 Å². The molecule has 138 valence electrons. The van der Waals surface area contributed by atoms with Crippen molar-refractivity contribution in [2.24, 2.45) is 5.92 Å². The molecular formula is C19H15F2N3OS2. The highest BCUT2D eigenvalue weighted by molar-refractivity contribution is 8.00. The quantitative estimate of drug-likeness (QED) is 0.472. The van der Waals surface area contributed by atoms with Gasteiger partial charge in [0, 0.05) is 17.7 Å². The minimum atomic E-state index is -0.601. The van der Waals surface area contributed by atoms with Gasteiger partial charge < -0.3 is 5.32 Å². The van der Waals surface area contributed by atoms with Crippen LogP contribution in [0.3, 0.4) is 0 Å². The normalized spacial score (nSPS) is 18.3. The molecule has 4 rings (SSSR count). The van der Waals surface area contributed by atoms with Crippen LogP contribution in [0.25, 0.3) is 0 Å². The summed E-state index contributed by atoms with van der Waals surface area (Å²) >= 11 is 2.54. The van der Waals surface area contributed by atoms with Gasteiger partial charge in [0.15, 0.2) is 4.34 Å². The summed E-state index contributed by atoms with van der Waals surface area (Å²) in [6, 6.07) is 13.5. The van der Waals surface area contributed by atoms with E-state index in [0.717, 1.165) is 12.5 Å². The molecule has 2 aromatic carbocycles. The highest BCUT2D eigenvalue weighted by atomic mass is 32.2. The van der Waals surface area contributed by atoms with Crippen LogP contribution in [-0.2, 0) is 10.5 Å². The van der Waals surface area contributed by atoms with Crippen molar-refractivity contribution < 1.29 is 13.6 Å².